The van der Waals surface area contributed by atoms with Crippen molar-refractivity contribution in [2.24, 2.45) is 0 Å². The monoisotopic (exact) mass is 170 g/mol. The van der Waals surface area contributed by atoms with E-state index in [-0.39, 0.29) is 5.95 Å². The molecule has 1 heterocycles. The molecular weight excluding hydrogens is 160 g/mol. The second-order valence-corrected chi connectivity index (χ2v) is 2.23. The average molecular weight is 170 g/mol. The van der Waals surface area contributed by atoms with Crippen LogP contribution in [0.1, 0.15) is 6.92 Å². The molecule has 0 aromatic carbocycles. The summed E-state index contributed by atoms with van der Waals surface area (Å²) in [6.45, 7) is 1.60. The van der Waals surface area contributed by atoms with E-state index >= 15 is 0 Å². The van der Waals surface area contributed by atoms with E-state index in [0.29, 0.717) is 0 Å². The topological polar surface area (TPSA) is 48.7 Å². The number of ether oxygens (including phenoxy) is 2. The highest BCUT2D eigenvalue weighted by Crippen LogP contribution is 2.10. The molecule has 0 unspecified atom stereocenters. The van der Waals surface area contributed by atoms with Crippen molar-refractivity contribution in [3.63, 3.8) is 0 Å². The molecule has 1 aromatic rings. The standard InChI is InChI=1S/C8H10O4/c1-6(10-2)8(9)12-7-4-3-5-11-7/h3-6H,1-2H3/t6-/m1/s1. The summed E-state index contributed by atoms with van der Waals surface area (Å²) in [6.07, 6.45) is 0.857. The minimum atomic E-state index is -0.574. The summed E-state index contributed by atoms with van der Waals surface area (Å²) in [4.78, 5) is 11.0. The van der Waals surface area contributed by atoms with Gasteiger partial charge in [0.2, 0.25) is 0 Å². The van der Waals surface area contributed by atoms with Crippen LogP contribution in [0.4, 0.5) is 0 Å². The zero-order chi connectivity index (χ0) is 8.97. The fourth-order valence-corrected chi connectivity index (χ4v) is 0.600. The van der Waals surface area contributed by atoms with Crippen LogP contribution in [-0.4, -0.2) is 19.2 Å². The Bertz CT molecular complexity index is 240. The van der Waals surface area contributed by atoms with E-state index < -0.39 is 12.1 Å². The van der Waals surface area contributed by atoms with Crippen LogP contribution in [0.5, 0.6) is 5.95 Å². The number of carbonyl (C=O) groups excluding carboxylic acids is 1. The minimum absolute atomic E-state index is 0.184. The van der Waals surface area contributed by atoms with Crippen LogP contribution in [0.3, 0.4) is 0 Å². The molecule has 4 nitrogen and oxygen atoms in total. The number of methoxy groups -OCH3 is 1. The summed E-state index contributed by atoms with van der Waals surface area (Å²) in [5.41, 5.74) is 0. The number of hydrogen-bond donors (Lipinski definition) is 0. The van der Waals surface area contributed by atoms with Gasteiger partial charge in [0.25, 0.3) is 5.95 Å². The van der Waals surface area contributed by atoms with Crippen molar-refractivity contribution >= 4 is 5.97 Å². The third-order valence-corrected chi connectivity index (χ3v) is 1.38. The molecule has 1 aromatic heterocycles. The van der Waals surface area contributed by atoms with Crippen molar-refractivity contribution in [1.29, 1.82) is 0 Å². The van der Waals surface area contributed by atoms with Crippen LogP contribution in [-0.2, 0) is 9.53 Å². The van der Waals surface area contributed by atoms with Gasteiger partial charge in [-0.2, -0.15) is 0 Å². The van der Waals surface area contributed by atoms with Gasteiger partial charge in [-0.15, -0.1) is 0 Å². The molecule has 1 rings (SSSR count). The van der Waals surface area contributed by atoms with E-state index in [2.05, 4.69) is 0 Å². The molecule has 0 fully saturated rings. The zero-order valence-corrected chi connectivity index (χ0v) is 6.94. The van der Waals surface area contributed by atoms with Gasteiger partial charge in [-0.25, -0.2) is 4.79 Å². The highest BCUT2D eigenvalue weighted by molar-refractivity contribution is 5.76. The molecule has 0 aliphatic carbocycles. The number of hydrogen-bond acceptors (Lipinski definition) is 4. The molecule has 0 aliphatic heterocycles. The molecule has 0 amide bonds. The fourth-order valence-electron chi connectivity index (χ4n) is 0.600. The first-order chi connectivity index (χ1) is 5.74. The molecule has 0 spiro atoms. The predicted octanol–water partition coefficient (Wildman–Crippen LogP) is 1.22. The van der Waals surface area contributed by atoms with Gasteiger partial charge >= 0.3 is 5.97 Å². The van der Waals surface area contributed by atoms with Crippen molar-refractivity contribution in [2.75, 3.05) is 7.11 Å². The molecule has 0 radical (unpaired) electrons. The van der Waals surface area contributed by atoms with Crippen molar-refractivity contribution in [1.82, 2.24) is 0 Å². The van der Waals surface area contributed by atoms with E-state index in [1.54, 1.807) is 19.1 Å². The van der Waals surface area contributed by atoms with Gasteiger partial charge in [-0.3, -0.25) is 0 Å². The lowest BCUT2D eigenvalue weighted by Crippen LogP contribution is -2.24. The molecule has 1 atom stereocenters. The van der Waals surface area contributed by atoms with Gasteiger partial charge in [-0.05, 0) is 13.0 Å². The maximum Gasteiger partial charge on any atom is 0.342 e. The summed E-state index contributed by atoms with van der Waals surface area (Å²) in [6, 6.07) is 3.19. The predicted molar refractivity (Wildman–Crippen MR) is 40.8 cm³/mol. The number of rotatable bonds is 3. The van der Waals surface area contributed by atoms with Crippen molar-refractivity contribution in [3.8, 4) is 5.95 Å². The second kappa shape index (κ2) is 3.92. The third kappa shape index (κ3) is 2.10. The Hall–Kier alpha value is -1.29. The lowest BCUT2D eigenvalue weighted by Gasteiger charge is -2.06. The molecule has 0 N–H and O–H groups in total. The van der Waals surface area contributed by atoms with Crippen LogP contribution in [0.2, 0.25) is 0 Å². The molecule has 0 saturated heterocycles. The van der Waals surface area contributed by atoms with Gasteiger partial charge in [-0.1, -0.05) is 0 Å². The Kier molecular flexibility index (Phi) is 2.88. The number of esters is 1. The lowest BCUT2D eigenvalue weighted by atomic mass is 10.4. The third-order valence-electron chi connectivity index (χ3n) is 1.38. The van der Waals surface area contributed by atoms with Crippen LogP contribution in [0, 0.1) is 0 Å². The normalized spacial score (nSPS) is 12.5. The van der Waals surface area contributed by atoms with Gasteiger partial charge < -0.3 is 13.9 Å². The fraction of sp³-hybridized carbons (Fsp3) is 0.375. The first kappa shape index (κ1) is 8.80. The molecule has 66 valence electrons. The van der Waals surface area contributed by atoms with Gasteiger partial charge in [0.1, 0.15) is 0 Å². The van der Waals surface area contributed by atoms with Crippen molar-refractivity contribution in [2.45, 2.75) is 13.0 Å². The van der Waals surface area contributed by atoms with E-state index in [9.17, 15) is 4.79 Å². The Labute approximate surface area is 70.1 Å². The molecule has 0 bridgehead atoms. The SMILES string of the molecule is CO[C@H](C)C(=O)Oc1ccco1. The van der Waals surface area contributed by atoms with Crippen LogP contribution >= 0.6 is 0 Å². The van der Waals surface area contributed by atoms with Crippen molar-refractivity contribution in [3.05, 3.63) is 18.4 Å². The van der Waals surface area contributed by atoms with Crippen LogP contribution in [0.15, 0.2) is 22.8 Å². The van der Waals surface area contributed by atoms with E-state index in [1.807, 2.05) is 0 Å². The largest absolute Gasteiger partial charge is 0.434 e. The summed E-state index contributed by atoms with van der Waals surface area (Å²) >= 11 is 0. The average Bonchev–Trinajstić information content (AvgIpc) is 2.55. The lowest BCUT2D eigenvalue weighted by molar-refractivity contribution is -0.145. The van der Waals surface area contributed by atoms with Gasteiger partial charge in [0.05, 0.1) is 6.26 Å². The Morgan fingerprint density at radius 3 is 2.92 bits per heavy atom. The number of carbonyl (C=O) groups is 1. The van der Waals surface area contributed by atoms with Crippen LogP contribution < -0.4 is 4.74 Å². The van der Waals surface area contributed by atoms with Gasteiger partial charge in [0.15, 0.2) is 6.10 Å². The van der Waals surface area contributed by atoms with E-state index in [1.165, 1.54) is 13.4 Å². The molecule has 4 heteroatoms. The van der Waals surface area contributed by atoms with Crippen molar-refractivity contribution < 1.29 is 18.7 Å². The molecular formula is C8H10O4. The highest BCUT2D eigenvalue weighted by Gasteiger charge is 2.14. The summed E-state index contributed by atoms with van der Waals surface area (Å²) in [5, 5.41) is 0. The minimum Gasteiger partial charge on any atom is -0.434 e. The second-order valence-electron chi connectivity index (χ2n) is 2.23. The molecule has 0 saturated carbocycles. The van der Waals surface area contributed by atoms with Gasteiger partial charge in [0, 0.05) is 13.2 Å². The molecule has 0 aliphatic rings. The summed E-state index contributed by atoms with van der Waals surface area (Å²) in [5.74, 6) is -0.281. The van der Waals surface area contributed by atoms with E-state index in [0.717, 1.165) is 0 Å². The molecule has 12 heavy (non-hydrogen) atoms. The quantitative estimate of drug-likeness (QED) is 0.640. The van der Waals surface area contributed by atoms with Crippen LogP contribution in [0.25, 0.3) is 0 Å². The zero-order valence-electron chi connectivity index (χ0n) is 6.94. The maximum absolute atomic E-state index is 11.0. The first-order valence-corrected chi connectivity index (χ1v) is 3.52. The summed E-state index contributed by atoms with van der Waals surface area (Å²) < 4.78 is 14.3. The summed E-state index contributed by atoms with van der Waals surface area (Å²) in [7, 11) is 1.44. The Morgan fingerprint density at radius 2 is 2.42 bits per heavy atom. The number of furan rings is 1. The maximum atomic E-state index is 11.0. The first-order valence-electron chi connectivity index (χ1n) is 3.52. The smallest absolute Gasteiger partial charge is 0.342 e. The van der Waals surface area contributed by atoms with E-state index in [4.69, 9.17) is 13.9 Å². The Balaban J connectivity index is 2.47. The Morgan fingerprint density at radius 1 is 1.67 bits per heavy atom. The highest BCUT2D eigenvalue weighted by atomic mass is 16.6.